The van der Waals surface area contributed by atoms with Gasteiger partial charge in [0.15, 0.2) is 0 Å². The topological polar surface area (TPSA) is 97.4 Å². The first-order valence-corrected chi connectivity index (χ1v) is 11.6. The third-order valence-electron chi connectivity index (χ3n) is 7.07. The number of nitrogens with zero attached hydrogens (tertiary/aromatic N) is 4. The van der Waals surface area contributed by atoms with Crippen molar-refractivity contribution in [3.8, 4) is 11.4 Å². The summed E-state index contributed by atoms with van der Waals surface area (Å²) in [6.45, 7) is 3.69. The number of amides is 1. The van der Waals surface area contributed by atoms with Crippen molar-refractivity contribution in [1.82, 2.24) is 25.1 Å². The Kier molecular flexibility index (Phi) is 4.79. The van der Waals surface area contributed by atoms with E-state index in [0.717, 1.165) is 31.0 Å². The Balaban J connectivity index is 1.23. The van der Waals surface area contributed by atoms with E-state index >= 15 is 0 Å². The molecule has 1 aromatic carbocycles. The average molecular weight is 479 g/mol. The van der Waals surface area contributed by atoms with Crippen molar-refractivity contribution in [2.24, 2.45) is 5.41 Å². The zero-order valence-corrected chi connectivity index (χ0v) is 19.3. The highest BCUT2D eigenvalue weighted by Gasteiger charge is 2.49. The lowest BCUT2D eigenvalue weighted by Crippen LogP contribution is -2.14. The van der Waals surface area contributed by atoms with Gasteiger partial charge in [0.2, 0.25) is 11.7 Å². The van der Waals surface area contributed by atoms with Gasteiger partial charge in [-0.25, -0.2) is 13.3 Å². The van der Waals surface area contributed by atoms with Crippen molar-refractivity contribution in [2.45, 2.75) is 45.1 Å². The Labute approximate surface area is 199 Å². The Morgan fingerprint density at radius 1 is 1.29 bits per heavy atom. The number of nitrogens with one attached hydrogen (secondary N) is 2. The van der Waals surface area contributed by atoms with Crippen LogP contribution in [-0.2, 0) is 5.92 Å². The van der Waals surface area contributed by atoms with Crippen molar-refractivity contribution in [3.63, 3.8) is 0 Å². The number of benzene rings is 1. The van der Waals surface area contributed by atoms with E-state index < -0.39 is 11.8 Å². The van der Waals surface area contributed by atoms with E-state index in [1.807, 2.05) is 19.1 Å². The largest absolute Gasteiger partial charge is 0.337 e. The van der Waals surface area contributed by atoms with E-state index in [4.69, 9.17) is 4.52 Å². The van der Waals surface area contributed by atoms with Crippen LogP contribution in [0.5, 0.6) is 0 Å². The van der Waals surface area contributed by atoms with Crippen molar-refractivity contribution in [2.75, 3.05) is 11.9 Å². The number of anilines is 1. The zero-order valence-electron chi connectivity index (χ0n) is 19.3. The molecule has 4 aromatic rings. The maximum Gasteiger partial charge on any atom is 0.272 e. The summed E-state index contributed by atoms with van der Waals surface area (Å²) in [7, 11) is 0. The van der Waals surface area contributed by atoms with Gasteiger partial charge in [0.25, 0.3) is 11.8 Å². The van der Waals surface area contributed by atoms with Gasteiger partial charge in [-0.05, 0) is 55.4 Å². The van der Waals surface area contributed by atoms with Crippen LogP contribution in [0.4, 0.5) is 14.5 Å². The van der Waals surface area contributed by atoms with E-state index in [2.05, 4.69) is 25.9 Å². The molecule has 35 heavy (non-hydrogen) atoms. The number of carbonyl (C=O) groups excluding carboxylic acids is 1. The van der Waals surface area contributed by atoms with Crippen LogP contribution >= 0.6 is 0 Å². The number of halogens is 2. The predicted octanol–water partition coefficient (Wildman–Crippen LogP) is 4.87. The summed E-state index contributed by atoms with van der Waals surface area (Å²) in [4.78, 5) is 17.6. The number of hydrogen-bond acceptors (Lipinski definition) is 6. The second kappa shape index (κ2) is 7.67. The zero-order chi connectivity index (χ0) is 24.4. The molecule has 4 heterocycles. The van der Waals surface area contributed by atoms with Crippen LogP contribution in [0.15, 0.2) is 47.2 Å². The minimum atomic E-state index is -3.00. The highest BCUT2D eigenvalue weighted by atomic mass is 19.3. The summed E-state index contributed by atoms with van der Waals surface area (Å²) in [6, 6.07) is 8.41. The lowest BCUT2D eigenvalue weighted by atomic mass is 10.0. The van der Waals surface area contributed by atoms with E-state index in [1.54, 1.807) is 6.07 Å². The number of hydrogen-bond donors (Lipinski definition) is 2. The number of aromatic nitrogens is 4. The molecule has 180 valence electrons. The average Bonchev–Trinajstić information content (AvgIpc) is 3.18. The van der Waals surface area contributed by atoms with Crippen molar-refractivity contribution >= 4 is 17.1 Å². The van der Waals surface area contributed by atoms with Gasteiger partial charge in [0.1, 0.15) is 0 Å². The minimum absolute atomic E-state index is 0.0761. The van der Waals surface area contributed by atoms with Crippen LogP contribution in [0, 0.1) is 12.3 Å². The Morgan fingerprint density at radius 2 is 2.11 bits per heavy atom. The summed E-state index contributed by atoms with van der Waals surface area (Å²) < 4.78 is 34.1. The summed E-state index contributed by atoms with van der Waals surface area (Å²) in [5.74, 6) is -2.35. The summed E-state index contributed by atoms with van der Waals surface area (Å²) in [5.41, 5.74) is 3.11. The molecule has 1 amide bonds. The van der Waals surface area contributed by atoms with Crippen LogP contribution in [0.1, 0.15) is 59.6 Å². The third kappa shape index (κ3) is 3.97. The smallest absolute Gasteiger partial charge is 0.272 e. The Morgan fingerprint density at radius 3 is 2.86 bits per heavy atom. The molecular formula is C25H24F2N6O2. The monoisotopic (exact) mass is 478 g/mol. The Bertz CT molecular complexity index is 1450. The molecule has 1 saturated carbocycles. The first kappa shape index (κ1) is 21.8. The number of fused-ring (bicyclic) bond motifs is 1. The summed E-state index contributed by atoms with van der Waals surface area (Å²) in [6.07, 6.45) is 6.11. The molecule has 2 N–H and O–H groups in total. The first-order valence-electron chi connectivity index (χ1n) is 11.6. The molecule has 1 aliphatic heterocycles. The van der Waals surface area contributed by atoms with Crippen LogP contribution in [0.2, 0.25) is 0 Å². The number of pyridine rings is 1. The fourth-order valence-corrected chi connectivity index (χ4v) is 4.65. The molecule has 6 rings (SSSR count). The molecule has 10 heteroatoms. The van der Waals surface area contributed by atoms with Crippen LogP contribution in [0.25, 0.3) is 16.9 Å². The molecule has 1 saturated heterocycles. The van der Waals surface area contributed by atoms with Crippen molar-refractivity contribution < 1.29 is 18.1 Å². The third-order valence-corrected chi connectivity index (χ3v) is 7.07. The van der Waals surface area contributed by atoms with Gasteiger partial charge in [0.05, 0.1) is 23.3 Å². The molecule has 0 unspecified atom stereocenters. The first-order chi connectivity index (χ1) is 16.7. The molecule has 1 aliphatic carbocycles. The maximum atomic E-state index is 13.6. The van der Waals surface area contributed by atoms with Gasteiger partial charge >= 0.3 is 0 Å². The number of carbonyl (C=O) groups is 1. The molecule has 2 aliphatic rings. The standard InChI is InChI=1S/C25H24F2N6O2/c1-14-3-4-15(21-31-23(35-32-21)19-10-25(7-8-25)13-28-19)9-18(14)30-22(34)17-11-29-33-12-16(24(2,26)27)5-6-20(17)33/h3-6,9,11-12,19,28H,7-8,10,13H2,1-2H3,(H,30,34)/t19-/m0/s1. The fraction of sp³-hybridized carbons (Fsp3) is 0.360. The van der Waals surface area contributed by atoms with Gasteiger partial charge in [-0.2, -0.15) is 10.1 Å². The maximum absolute atomic E-state index is 13.6. The lowest BCUT2D eigenvalue weighted by molar-refractivity contribution is 0.0170. The normalized spacial score (nSPS) is 18.9. The molecule has 1 spiro atoms. The SMILES string of the molecule is Cc1ccc(-c2noc([C@@H]3CC4(CC4)CN3)n2)cc1NC(=O)c1cnn2cc(C(C)(F)F)ccc12. The molecule has 2 fully saturated rings. The van der Waals surface area contributed by atoms with Crippen LogP contribution < -0.4 is 10.6 Å². The number of alkyl halides is 2. The van der Waals surface area contributed by atoms with Gasteiger partial charge in [0, 0.05) is 36.5 Å². The predicted molar refractivity (Wildman–Crippen MR) is 124 cm³/mol. The summed E-state index contributed by atoms with van der Waals surface area (Å²) >= 11 is 0. The Hall–Kier alpha value is -3.66. The summed E-state index contributed by atoms with van der Waals surface area (Å²) in [5, 5.41) is 14.6. The molecule has 0 radical (unpaired) electrons. The van der Waals surface area contributed by atoms with Gasteiger partial charge in [-0.15, -0.1) is 0 Å². The van der Waals surface area contributed by atoms with Crippen LogP contribution in [0.3, 0.4) is 0 Å². The van der Waals surface area contributed by atoms with E-state index in [1.165, 1.54) is 41.9 Å². The second-order valence-electron chi connectivity index (χ2n) is 9.77. The van der Waals surface area contributed by atoms with Crippen LogP contribution in [-0.4, -0.2) is 32.2 Å². The molecule has 8 nitrogen and oxygen atoms in total. The number of rotatable bonds is 5. The van der Waals surface area contributed by atoms with Crippen molar-refractivity contribution in [3.05, 3.63) is 65.3 Å². The lowest BCUT2D eigenvalue weighted by Gasteiger charge is -2.11. The molecular weight excluding hydrogens is 454 g/mol. The highest BCUT2D eigenvalue weighted by Crippen LogP contribution is 2.54. The van der Waals surface area contributed by atoms with E-state index in [9.17, 15) is 13.6 Å². The quantitative estimate of drug-likeness (QED) is 0.425. The van der Waals surface area contributed by atoms with Gasteiger partial charge in [-0.3, -0.25) is 4.79 Å². The van der Waals surface area contributed by atoms with E-state index in [0.29, 0.717) is 28.3 Å². The fourth-order valence-electron chi connectivity index (χ4n) is 4.65. The van der Waals surface area contributed by atoms with Crippen molar-refractivity contribution in [1.29, 1.82) is 0 Å². The van der Waals surface area contributed by atoms with Gasteiger partial charge in [-0.1, -0.05) is 17.3 Å². The van der Waals surface area contributed by atoms with Gasteiger partial charge < -0.3 is 15.2 Å². The second-order valence-corrected chi connectivity index (χ2v) is 9.77. The molecule has 0 bridgehead atoms. The molecule has 3 aromatic heterocycles. The molecule has 1 atom stereocenters. The highest BCUT2D eigenvalue weighted by molar-refractivity contribution is 6.09. The minimum Gasteiger partial charge on any atom is -0.337 e. The van der Waals surface area contributed by atoms with E-state index in [-0.39, 0.29) is 17.2 Å². The number of aryl methyl sites for hydroxylation is 1.